The fourth-order valence-corrected chi connectivity index (χ4v) is 5.97. The van der Waals surface area contributed by atoms with Gasteiger partial charge in [0.05, 0.1) is 12.0 Å². The zero-order chi connectivity index (χ0) is 17.3. The number of nitrogens with one attached hydrogen (secondary N) is 1. The predicted molar refractivity (Wildman–Crippen MR) is 106 cm³/mol. The lowest BCUT2D eigenvalue weighted by molar-refractivity contribution is 0.154. The maximum Gasteiger partial charge on any atom is 0.138 e. The summed E-state index contributed by atoms with van der Waals surface area (Å²) in [6, 6.07) is 0.531. The van der Waals surface area contributed by atoms with Crippen molar-refractivity contribution in [3.8, 4) is 0 Å². The van der Waals surface area contributed by atoms with Gasteiger partial charge in [-0.15, -0.1) is 11.3 Å². The van der Waals surface area contributed by atoms with E-state index in [1.807, 2.05) is 11.3 Å². The molecule has 5 rings (SSSR count). The lowest BCUT2D eigenvalue weighted by Crippen LogP contribution is -2.41. The van der Waals surface area contributed by atoms with E-state index < -0.39 is 0 Å². The van der Waals surface area contributed by atoms with Crippen molar-refractivity contribution in [3.05, 3.63) is 16.8 Å². The molecular weight excluding hydrogens is 344 g/mol. The van der Waals surface area contributed by atoms with Crippen LogP contribution in [-0.4, -0.2) is 53.8 Å². The van der Waals surface area contributed by atoms with Crippen molar-refractivity contribution in [2.45, 2.75) is 51.0 Å². The minimum atomic E-state index is 0.531. The third-order valence-corrected chi connectivity index (χ3v) is 7.42. The molecule has 1 N–H and O–H groups in total. The first-order valence-corrected chi connectivity index (χ1v) is 11.0. The van der Waals surface area contributed by atoms with Crippen LogP contribution >= 0.6 is 11.3 Å². The molecule has 2 fully saturated rings. The first kappa shape index (κ1) is 16.9. The van der Waals surface area contributed by atoms with Crippen molar-refractivity contribution in [2.24, 2.45) is 5.92 Å². The Labute approximate surface area is 159 Å². The van der Waals surface area contributed by atoms with Crippen LogP contribution in [0, 0.1) is 5.92 Å². The number of hydrogen-bond donors (Lipinski definition) is 1. The molecule has 6 heteroatoms. The van der Waals surface area contributed by atoms with Gasteiger partial charge >= 0.3 is 0 Å². The third-order valence-electron chi connectivity index (χ3n) is 6.22. The number of anilines is 1. The summed E-state index contributed by atoms with van der Waals surface area (Å²) in [7, 11) is 0. The Morgan fingerprint density at radius 1 is 1.15 bits per heavy atom. The van der Waals surface area contributed by atoms with Crippen LogP contribution in [0.5, 0.6) is 0 Å². The molecule has 2 aliphatic heterocycles. The molecule has 0 saturated carbocycles. The Morgan fingerprint density at radius 2 is 2.04 bits per heavy atom. The van der Waals surface area contributed by atoms with E-state index in [0.717, 1.165) is 24.9 Å². The summed E-state index contributed by atoms with van der Waals surface area (Å²) >= 11 is 1.88. The highest BCUT2D eigenvalue weighted by atomic mass is 32.1. The summed E-state index contributed by atoms with van der Waals surface area (Å²) in [5, 5.41) is 5.10. The largest absolute Gasteiger partial charge is 0.381 e. The van der Waals surface area contributed by atoms with Crippen LogP contribution in [0.15, 0.2) is 6.33 Å². The Kier molecular flexibility index (Phi) is 4.82. The van der Waals surface area contributed by atoms with Crippen LogP contribution in [0.25, 0.3) is 10.2 Å². The van der Waals surface area contributed by atoms with Gasteiger partial charge in [0.1, 0.15) is 17.0 Å². The van der Waals surface area contributed by atoms with E-state index in [1.165, 1.54) is 80.4 Å². The summed E-state index contributed by atoms with van der Waals surface area (Å²) in [6.07, 6.45) is 10.4. The molecule has 0 radical (unpaired) electrons. The maximum atomic E-state index is 5.53. The number of piperidine rings is 1. The van der Waals surface area contributed by atoms with Gasteiger partial charge in [0, 0.05) is 37.2 Å². The Bertz CT molecular complexity index is 763. The molecule has 0 spiro atoms. The molecule has 2 aromatic heterocycles. The standard InChI is InChI=1S/C20H28N4OS/c1-2-4-17-16(3-1)18-19(21-13-22-20(18)26-17)23-15-5-8-24(9-6-15)11-14-7-10-25-12-14/h13-15H,1-12H2,(H,21,22,23). The number of aryl methyl sites for hydroxylation is 2. The van der Waals surface area contributed by atoms with E-state index in [2.05, 4.69) is 20.2 Å². The smallest absolute Gasteiger partial charge is 0.138 e. The Hall–Kier alpha value is -1.24. The quantitative estimate of drug-likeness (QED) is 0.890. The summed E-state index contributed by atoms with van der Waals surface area (Å²) in [4.78, 5) is 14.5. The molecule has 3 aliphatic rings. The summed E-state index contributed by atoms with van der Waals surface area (Å²) in [6.45, 7) is 5.49. The number of ether oxygens (including phenoxy) is 1. The molecule has 140 valence electrons. The van der Waals surface area contributed by atoms with E-state index in [4.69, 9.17) is 4.74 Å². The van der Waals surface area contributed by atoms with Crippen molar-refractivity contribution in [1.82, 2.24) is 14.9 Å². The minimum absolute atomic E-state index is 0.531. The number of likely N-dealkylation sites (tertiary alicyclic amines) is 1. The van der Waals surface area contributed by atoms with Crippen molar-refractivity contribution in [2.75, 3.05) is 38.2 Å². The molecule has 1 aliphatic carbocycles. The average Bonchev–Trinajstić information content (AvgIpc) is 3.31. The van der Waals surface area contributed by atoms with Gasteiger partial charge in [-0.25, -0.2) is 9.97 Å². The van der Waals surface area contributed by atoms with E-state index >= 15 is 0 Å². The van der Waals surface area contributed by atoms with Gasteiger partial charge in [-0.05, 0) is 56.4 Å². The Balaban J connectivity index is 1.26. The van der Waals surface area contributed by atoms with Gasteiger partial charge in [0.2, 0.25) is 0 Å². The predicted octanol–water partition coefficient (Wildman–Crippen LogP) is 3.48. The molecule has 2 saturated heterocycles. The fraction of sp³-hybridized carbons (Fsp3) is 0.700. The lowest BCUT2D eigenvalue weighted by atomic mass is 9.96. The topological polar surface area (TPSA) is 50.3 Å². The second-order valence-electron chi connectivity index (χ2n) is 8.06. The zero-order valence-electron chi connectivity index (χ0n) is 15.4. The van der Waals surface area contributed by atoms with Crippen LogP contribution in [0.4, 0.5) is 5.82 Å². The van der Waals surface area contributed by atoms with Crippen LogP contribution in [0.2, 0.25) is 0 Å². The number of aromatic nitrogens is 2. The molecule has 1 atom stereocenters. The molecule has 0 bridgehead atoms. The van der Waals surface area contributed by atoms with Crippen molar-refractivity contribution in [3.63, 3.8) is 0 Å². The van der Waals surface area contributed by atoms with Gasteiger partial charge in [-0.1, -0.05) is 0 Å². The summed E-state index contributed by atoms with van der Waals surface area (Å²) in [5.41, 5.74) is 1.53. The van der Waals surface area contributed by atoms with E-state index in [0.29, 0.717) is 6.04 Å². The van der Waals surface area contributed by atoms with Crippen molar-refractivity contribution in [1.29, 1.82) is 0 Å². The number of rotatable bonds is 4. The monoisotopic (exact) mass is 372 g/mol. The lowest BCUT2D eigenvalue weighted by Gasteiger charge is -2.34. The van der Waals surface area contributed by atoms with Gasteiger partial charge in [-0.3, -0.25) is 0 Å². The van der Waals surface area contributed by atoms with Gasteiger partial charge < -0.3 is 15.0 Å². The van der Waals surface area contributed by atoms with Crippen molar-refractivity contribution < 1.29 is 4.74 Å². The number of thiophene rings is 1. The molecular formula is C20H28N4OS. The molecule has 5 nitrogen and oxygen atoms in total. The molecule has 0 aromatic carbocycles. The summed E-state index contributed by atoms with van der Waals surface area (Å²) in [5.74, 6) is 1.83. The number of nitrogens with zero attached hydrogens (tertiary/aromatic N) is 3. The molecule has 0 amide bonds. The van der Waals surface area contributed by atoms with Crippen molar-refractivity contribution >= 4 is 27.4 Å². The van der Waals surface area contributed by atoms with E-state index in [1.54, 1.807) is 11.2 Å². The Morgan fingerprint density at radius 3 is 2.88 bits per heavy atom. The zero-order valence-corrected chi connectivity index (χ0v) is 16.2. The number of hydrogen-bond acceptors (Lipinski definition) is 6. The average molecular weight is 373 g/mol. The third kappa shape index (κ3) is 3.35. The fourth-order valence-electron chi connectivity index (χ4n) is 4.75. The first-order valence-electron chi connectivity index (χ1n) is 10.2. The van der Waals surface area contributed by atoms with Crippen LogP contribution < -0.4 is 5.32 Å². The SMILES string of the molecule is c1nc(NC2CCN(CC3CCOC3)CC2)c2c3c(sc2n1)CCCC3. The maximum absolute atomic E-state index is 5.53. The minimum Gasteiger partial charge on any atom is -0.381 e. The molecule has 2 aromatic rings. The highest BCUT2D eigenvalue weighted by Gasteiger charge is 2.25. The van der Waals surface area contributed by atoms with Gasteiger partial charge in [-0.2, -0.15) is 0 Å². The first-order chi connectivity index (χ1) is 12.9. The second-order valence-corrected chi connectivity index (χ2v) is 9.15. The van der Waals surface area contributed by atoms with Gasteiger partial charge in [0.25, 0.3) is 0 Å². The summed E-state index contributed by atoms with van der Waals surface area (Å²) < 4.78 is 5.53. The normalized spacial score (nSPS) is 24.8. The van der Waals surface area contributed by atoms with Crippen LogP contribution in [0.1, 0.15) is 42.5 Å². The highest BCUT2D eigenvalue weighted by molar-refractivity contribution is 7.19. The van der Waals surface area contributed by atoms with Crippen LogP contribution in [0.3, 0.4) is 0 Å². The molecule has 1 unspecified atom stereocenters. The highest BCUT2D eigenvalue weighted by Crippen LogP contribution is 2.38. The van der Waals surface area contributed by atoms with E-state index in [-0.39, 0.29) is 0 Å². The molecule has 4 heterocycles. The molecule has 26 heavy (non-hydrogen) atoms. The van der Waals surface area contributed by atoms with E-state index in [9.17, 15) is 0 Å². The van der Waals surface area contributed by atoms with Gasteiger partial charge in [0.15, 0.2) is 0 Å². The number of fused-ring (bicyclic) bond motifs is 3. The van der Waals surface area contributed by atoms with Crippen LogP contribution in [-0.2, 0) is 17.6 Å². The second kappa shape index (κ2) is 7.41.